The number of rotatable bonds is 4. The van der Waals surface area contributed by atoms with Gasteiger partial charge in [0.15, 0.2) is 11.6 Å². The van der Waals surface area contributed by atoms with Crippen LogP contribution in [0.3, 0.4) is 0 Å². The van der Waals surface area contributed by atoms with E-state index in [2.05, 4.69) is 14.8 Å². The van der Waals surface area contributed by atoms with Crippen molar-refractivity contribution in [1.82, 2.24) is 19.7 Å². The van der Waals surface area contributed by atoms with Crippen molar-refractivity contribution < 1.29 is 9.90 Å². The Bertz CT molecular complexity index is 681. The van der Waals surface area contributed by atoms with Gasteiger partial charge in [-0.25, -0.2) is 0 Å². The second kappa shape index (κ2) is 6.50. The molecule has 1 atom stereocenters. The summed E-state index contributed by atoms with van der Waals surface area (Å²) >= 11 is 0. The summed E-state index contributed by atoms with van der Waals surface area (Å²) in [6.07, 6.45) is -0.431. The van der Waals surface area contributed by atoms with Gasteiger partial charge in [0.05, 0.1) is 19.1 Å². The molecule has 23 heavy (non-hydrogen) atoms. The highest BCUT2D eigenvalue weighted by Gasteiger charge is 2.26. The number of aromatic nitrogens is 3. The van der Waals surface area contributed by atoms with Crippen LogP contribution in [0, 0.1) is 5.92 Å². The lowest BCUT2D eigenvalue weighted by Gasteiger charge is -2.29. The van der Waals surface area contributed by atoms with Gasteiger partial charge in [0.1, 0.15) is 0 Å². The first-order valence-electron chi connectivity index (χ1n) is 7.99. The molecule has 1 amide bonds. The standard InChI is InChI=1S/C17H22N4O2/c1-12(2)14(22)10-16(23)20-8-9-21-15(11-20)18-19-17(21)13-6-4-3-5-7-13/h3-7,12,14,22H,8-11H2,1-2H3. The lowest BCUT2D eigenvalue weighted by molar-refractivity contribution is -0.135. The highest BCUT2D eigenvalue weighted by atomic mass is 16.3. The van der Waals surface area contributed by atoms with E-state index in [1.54, 1.807) is 4.90 Å². The number of fused-ring (bicyclic) bond motifs is 1. The van der Waals surface area contributed by atoms with Gasteiger partial charge < -0.3 is 14.6 Å². The quantitative estimate of drug-likeness (QED) is 0.932. The van der Waals surface area contributed by atoms with Crippen molar-refractivity contribution in [3.63, 3.8) is 0 Å². The van der Waals surface area contributed by atoms with Crippen LogP contribution in [0.15, 0.2) is 30.3 Å². The first-order chi connectivity index (χ1) is 11.1. The second-order valence-corrected chi connectivity index (χ2v) is 6.29. The average Bonchev–Trinajstić information content (AvgIpc) is 2.98. The van der Waals surface area contributed by atoms with Gasteiger partial charge in [-0.2, -0.15) is 0 Å². The summed E-state index contributed by atoms with van der Waals surface area (Å²) in [7, 11) is 0. The van der Waals surface area contributed by atoms with E-state index in [9.17, 15) is 9.90 Å². The zero-order chi connectivity index (χ0) is 16.4. The number of benzene rings is 1. The maximum atomic E-state index is 12.3. The minimum absolute atomic E-state index is 0.0262. The molecular weight excluding hydrogens is 292 g/mol. The Kier molecular flexibility index (Phi) is 4.43. The molecule has 1 unspecified atom stereocenters. The molecule has 0 aliphatic carbocycles. The van der Waals surface area contributed by atoms with Crippen molar-refractivity contribution in [2.24, 2.45) is 5.92 Å². The highest BCUT2D eigenvalue weighted by molar-refractivity contribution is 5.76. The van der Waals surface area contributed by atoms with Crippen LogP contribution in [0.25, 0.3) is 11.4 Å². The third kappa shape index (κ3) is 3.27. The number of aliphatic hydroxyl groups is 1. The number of hydrogen-bond acceptors (Lipinski definition) is 4. The monoisotopic (exact) mass is 314 g/mol. The Balaban J connectivity index is 1.73. The van der Waals surface area contributed by atoms with Crippen LogP contribution in [0.2, 0.25) is 0 Å². The number of nitrogens with zero attached hydrogens (tertiary/aromatic N) is 4. The van der Waals surface area contributed by atoms with Crippen LogP contribution in [-0.4, -0.2) is 43.3 Å². The minimum Gasteiger partial charge on any atom is -0.392 e. The van der Waals surface area contributed by atoms with Gasteiger partial charge in [0, 0.05) is 18.7 Å². The van der Waals surface area contributed by atoms with E-state index in [4.69, 9.17) is 0 Å². The van der Waals surface area contributed by atoms with Gasteiger partial charge >= 0.3 is 0 Å². The number of aliphatic hydroxyl groups excluding tert-OH is 1. The second-order valence-electron chi connectivity index (χ2n) is 6.29. The highest BCUT2D eigenvalue weighted by Crippen LogP contribution is 2.22. The molecule has 0 saturated heterocycles. The van der Waals surface area contributed by atoms with Crippen LogP contribution >= 0.6 is 0 Å². The molecule has 0 fully saturated rings. The molecule has 1 aromatic heterocycles. The van der Waals surface area contributed by atoms with Crippen LogP contribution in [-0.2, 0) is 17.9 Å². The van der Waals surface area contributed by atoms with Crippen molar-refractivity contribution in [1.29, 1.82) is 0 Å². The Labute approximate surface area is 135 Å². The molecule has 3 rings (SSSR count). The van der Waals surface area contributed by atoms with E-state index in [0.29, 0.717) is 19.6 Å². The maximum absolute atomic E-state index is 12.3. The molecule has 2 aromatic rings. The third-order valence-electron chi connectivity index (χ3n) is 4.29. The molecule has 0 bridgehead atoms. The van der Waals surface area contributed by atoms with Gasteiger partial charge in [0.25, 0.3) is 0 Å². The predicted molar refractivity (Wildman–Crippen MR) is 86.3 cm³/mol. The fourth-order valence-electron chi connectivity index (χ4n) is 2.72. The van der Waals surface area contributed by atoms with E-state index in [-0.39, 0.29) is 18.2 Å². The van der Waals surface area contributed by atoms with E-state index >= 15 is 0 Å². The Hall–Kier alpha value is -2.21. The fourth-order valence-corrected chi connectivity index (χ4v) is 2.72. The molecule has 6 heteroatoms. The van der Waals surface area contributed by atoms with Gasteiger partial charge in [-0.05, 0) is 5.92 Å². The summed E-state index contributed by atoms with van der Waals surface area (Å²) in [6.45, 7) is 5.57. The molecule has 0 radical (unpaired) electrons. The minimum atomic E-state index is -0.595. The van der Waals surface area contributed by atoms with Crippen molar-refractivity contribution in [2.45, 2.75) is 39.5 Å². The van der Waals surface area contributed by atoms with E-state index < -0.39 is 6.10 Å². The van der Waals surface area contributed by atoms with Crippen LogP contribution in [0.5, 0.6) is 0 Å². The predicted octanol–water partition coefficient (Wildman–Crippen LogP) is 1.69. The van der Waals surface area contributed by atoms with Crippen LogP contribution in [0.1, 0.15) is 26.1 Å². The maximum Gasteiger partial charge on any atom is 0.225 e. The molecule has 0 spiro atoms. The Morgan fingerprint density at radius 1 is 1.22 bits per heavy atom. The summed E-state index contributed by atoms with van der Waals surface area (Å²) < 4.78 is 2.07. The zero-order valence-electron chi connectivity index (χ0n) is 13.5. The van der Waals surface area contributed by atoms with Crippen molar-refractivity contribution in [2.75, 3.05) is 6.54 Å². The van der Waals surface area contributed by atoms with Crippen LogP contribution in [0.4, 0.5) is 0 Å². The van der Waals surface area contributed by atoms with Crippen molar-refractivity contribution >= 4 is 5.91 Å². The summed E-state index contributed by atoms with van der Waals surface area (Å²) in [4.78, 5) is 14.1. The van der Waals surface area contributed by atoms with Crippen molar-refractivity contribution in [3.05, 3.63) is 36.2 Å². The Morgan fingerprint density at radius 2 is 1.96 bits per heavy atom. The van der Waals surface area contributed by atoms with E-state index in [1.165, 1.54) is 0 Å². The first kappa shape index (κ1) is 15.7. The topological polar surface area (TPSA) is 71.2 Å². The number of carbonyl (C=O) groups excluding carboxylic acids is 1. The number of carbonyl (C=O) groups is 1. The summed E-state index contributed by atoms with van der Waals surface area (Å²) in [5.41, 5.74) is 1.03. The number of hydrogen-bond donors (Lipinski definition) is 1. The van der Waals surface area contributed by atoms with Crippen LogP contribution < -0.4 is 0 Å². The lowest BCUT2D eigenvalue weighted by atomic mass is 10.0. The molecule has 1 N–H and O–H groups in total. The molecule has 2 heterocycles. The number of amides is 1. The average molecular weight is 314 g/mol. The van der Waals surface area contributed by atoms with Gasteiger partial charge in [0.2, 0.25) is 5.91 Å². The molecule has 1 aliphatic heterocycles. The molecule has 1 aromatic carbocycles. The third-order valence-corrected chi connectivity index (χ3v) is 4.29. The molecule has 1 aliphatic rings. The van der Waals surface area contributed by atoms with E-state index in [1.807, 2.05) is 44.2 Å². The normalized spacial score (nSPS) is 15.6. The zero-order valence-corrected chi connectivity index (χ0v) is 13.5. The van der Waals surface area contributed by atoms with Gasteiger partial charge in [-0.3, -0.25) is 4.79 Å². The van der Waals surface area contributed by atoms with Crippen molar-refractivity contribution in [3.8, 4) is 11.4 Å². The van der Waals surface area contributed by atoms with Gasteiger partial charge in [-0.15, -0.1) is 10.2 Å². The van der Waals surface area contributed by atoms with E-state index in [0.717, 1.165) is 17.2 Å². The lowest BCUT2D eigenvalue weighted by Crippen LogP contribution is -2.40. The molecular formula is C17H22N4O2. The summed E-state index contributed by atoms with van der Waals surface area (Å²) in [6, 6.07) is 9.94. The summed E-state index contributed by atoms with van der Waals surface area (Å²) in [5.74, 6) is 1.69. The SMILES string of the molecule is CC(C)C(O)CC(=O)N1CCn2c(nnc2-c2ccccc2)C1. The smallest absolute Gasteiger partial charge is 0.225 e. The largest absolute Gasteiger partial charge is 0.392 e. The summed E-state index contributed by atoms with van der Waals surface area (Å²) in [5, 5.41) is 18.4. The molecule has 6 nitrogen and oxygen atoms in total. The fraction of sp³-hybridized carbons (Fsp3) is 0.471. The molecule has 0 saturated carbocycles. The first-order valence-corrected chi connectivity index (χ1v) is 7.99. The molecule has 122 valence electrons. The van der Waals surface area contributed by atoms with Gasteiger partial charge in [-0.1, -0.05) is 44.2 Å². The Morgan fingerprint density at radius 3 is 2.65 bits per heavy atom.